The maximum Gasteiger partial charge on any atom is 0.0514 e. The number of nitrogens with one attached hydrogen (secondary N) is 1. The molecule has 1 aliphatic rings. The molecular formula is C14H16Cl2N2. The Bertz CT molecular complexity index is 558. The van der Waals surface area contributed by atoms with Crippen molar-refractivity contribution in [1.82, 2.24) is 9.88 Å². The summed E-state index contributed by atoms with van der Waals surface area (Å²) in [6.45, 7) is 3.10. The van der Waals surface area contributed by atoms with E-state index in [1.807, 2.05) is 6.07 Å². The van der Waals surface area contributed by atoms with Crippen LogP contribution in [0.15, 0.2) is 24.4 Å². The van der Waals surface area contributed by atoms with E-state index in [1.54, 1.807) is 6.07 Å². The number of benzene rings is 1. The van der Waals surface area contributed by atoms with E-state index in [2.05, 4.69) is 22.1 Å². The van der Waals surface area contributed by atoms with Gasteiger partial charge in [-0.05, 0) is 43.5 Å². The van der Waals surface area contributed by atoms with Crippen LogP contribution < -0.4 is 5.32 Å². The van der Waals surface area contributed by atoms with Gasteiger partial charge in [0, 0.05) is 29.7 Å². The molecule has 0 unspecified atom stereocenters. The predicted octanol–water partition coefficient (Wildman–Crippen LogP) is 3.95. The first-order valence-electron chi connectivity index (χ1n) is 6.38. The lowest BCUT2D eigenvalue weighted by Gasteiger charge is -2.07. The Morgan fingerprint density at radius 1 is 1.28 bits per heavy atom. The Hall–Kier alpha value is -0.700. The van der Waals surface area contributed by atoms with Crippen LogP contribution in [0.25, 0.3) is 10.9 Å². The van der Waals surface area contributed by atoms with Crippen molar-refractivity contribution >= 4 is 34.1 Å². The number of fused-ring (bicyclic) bond motifs is 1. The minimum absolute atomic E-state index is 0.693. The van der Waals surface area contributed by atoms with Gasteiger partial charge in [-0.2, -0.15) is 0 Å². The summed E-state index contributed by atoms with van der Waals surface area (Å²) in [6, 6.07) is 5.82. The molecule has 2 nitrogen and oxygen atoms in total. The van der Waals surface area contributed by atoms with E-state index in [9.17, 15) is 0 Å². The molecule has 1 aromatic carbocycles. The molecule has 1 N–H and O–H groups in total. The number of nitrogens with zero attached hydrogens (tertiary/aromatic N) is 1. The summed E-state index contributed by atoms with van der Waals surface area (Å²) in [5.74, 6) is 0.926. The molecule has 96 valence electrons. The molecule has 1 fully saturated rings. The lowest BCUT2D eigenvalue weighted by Crippen LogP contribution is -2.21. The van der Waals surface area contributed by atoms with Gasteiger partial charge in [0.15, 0.2) is 0 Å². The average Bonchev–Trinajstić information content (AvgIpc) is 3.06. The molecule has 18 heavy (non-hydrogen) atoms. The van der Waals surface area contributed by atoms with Crippen LogP contribution in [-0.4, -0.2) is 17.7 Å². The smallest absolute Gasteiger partial charge is 0.0514 e. The number of hydrogen-bond donors (Lipinski definition) is 1. The van der Waals surface area contributed by atoms with E-state index in [1.165, 1.54) is 12.8 Å². The van der Waals surface area contributed by atoms with Gasteiger partial charge in [-0.1, -0.05) is 23.2 Å². The first kappa shape index (κ1) is 12.3. The summed E-state index contributed by atoms with van der Waals surface area (Å²) >= 11 is 12.2. The molecule has 1 saturated carbocycles. The van der Waals surface area contributed by atoms with E-state index in [0.29, 0.717) is 5.02 Å². The molecule has 0 spiro atoms. The van der Waals surface area contributed by atoms with Crippen LogP contribution in [0.5, 0.6) is 0 Å². The maximum absolute atomic E-state index is 6.17. The highest BCUT2D eigenvalue weighted by Gasteiger charge is 2.19. The van der Waals surface area contributed by atoms with Crippen LogP contribution in [0, 0.1) is 5.92 Å². The van der Waals surface area contributed by atoms with Crippen molar-refractivity contribution < 1.29 is 0 Å². The second-order valence-electron chi connectivity index (χ2n) is 4.98. The van der Waals surface area contributed by atoms with Crippen LogP contribution in [0.4, 0.5) is 0 Å². The molecule has 0 radical (unpaired) electrons. The highest BCUT2D eigenvalue weighted by molar-refractivity contribution is 6.38. The lowest BCUT2D eigenvalue weighted by atomic mass is 10.2. The molecule has 1 aromatic heterocycles. The third-order valence-electron chi connectivity index (χ3n) is 3.46. The fraction of sp³-hybridized carbons (Fsp3) is 0.429. The third kappa shape index (κ3) is 2.66. The first-order valence-corrected chi connectivity index (χ1v) is 7.14. The zero-order valence-electron chi connectivity index (χ0n) is 10.1. The summed E-state index contributed by atoms with van der Waals surface area (Å²) in [5, 5.41) is 5.98. The summed E-state index contributed by atoms with van der Waals surface area (Å²) in [4.78, 5) is 0. The Labute approximate surface area is 117 Å². The zero-order valence-corrected chi connectivity index (χ0v) is 11.6. The molecule has 0 bridgehead atoms. The fourth-order valence-corrected chi connectivity index (χ4v) is 2.79. The van der Waals surface area contributed by atoms with Crippen LogP contribution in [-0.2, 0) is 6.54 Å². The van der Waals surface area contributed by atoms with Crippen LogP contribution >= 0.6 is 23.2 Å². The SMILES string of the molecule is Clc1cc(Cl)c2ccn(CCNCC3CC3)c2c1. The lowest BCUT2D eigenvalue weighted by molar-refractivity contribution is 0.584. The van der Waals surface area contributed by atoms with E-state index >= 15 is 0 Å². The number of halogens is 2. The van der Waals surface area contributed by atoms with E-state index in [-0.39, 0.29) is 0 Å². The molecule has 3 rings (SSSR count). The Morgan fingerprint density at radius 2 is 2.11 bits per heavy atom. The Morgan fingerprint density at radius 3 is 2.89 bits per heavy atom. The predicted molar refractivity (Wildman–Crippen MR) is 77.6 cm³/mol. The number of aromatic nitrogens is 1. The standard InChI is InChI=1S/C14H16Cl2N2/c15-11-7-13(16)12-3-5-18(14(12)8-11)6-4-17-9-10-1-2-10/h3,5,7-8,10,17H,1-2,4,6,9H2. The van der Waals surface area contributed by atoms with Crippen LogP contribution in [0.1, 0.15) is 12.8 Å². The van der Waals surface area contributed by atoms with Gasteiger partial charge in [0.2, 0.25) is 0 Å². The van der Waals surface area contributed by atoms with Crippen molar-refractivity contribution in [3.8, 4) is 0 Å². The zero-order chi connectivity index (χ0) is 12.5. The van der Waals surface area contributed by atoms with E-state index < -0.39 is 0 Å². The molecule has 1 heterocycles. The van der Waals surface area contributed by atoms with Gasteiger partial charge in [0.25, 0.3) is 0 Å². The molecular weight excluding hydrogens is 267 g/mol. The largest absolute Gasteiger partial charge is 0.346 e. The first-order chi connectivity index (χ1) is 8.74. The number of hydrogen-bond acceptors (Lipinski definition) is 1. The van der Waals surface area contributed by atoms with Crippen molar-refractivity contribution in [2.24, 2.45) is 5.92 Å². The Balaban J connectivity index is 1.70. The molecule has 0 saturated heterocycles. The maximum atomic E-state index is 6.17. The van der Waals surface area contributed by atoms with E-state index in [4.69, 9.17) is 23.2 Å². The molecule has 0 atom stereocenters. The highest BCUT2D eigenvalue weighted by Crippen LogP contribution is 2.29. The monoisotopic (exact) mass is 282 g/mol. The van der Waals surface area contributed by atoms with Gasteiger partial charge in [-0.3, -0.25) is 0 Å². The molecule has 1 aliphatic carbocycles. The fourth-order valence-electron chi connectivity index (χ4n) is 2.24. The van der Waals surface area contributed by atoms with Crippen molar-refractivity contribution in [3.63, 3.8) is 0 Å². The summed E-state index contributed by atoms with van der Waals surface area (Å²) < 4.78 is 2.20. The highest BCUT2D eigenvalue weighted by atomic mass is 35.5. The second-order valence-corrected chi connectivity index (χ2v) is 5.82. The summed E-state index contributed by atoms with van der Waals surface area (Å²) in [7, 11) is 0. The normalized spacial score (nSPS) is 15.4. The van der Waals surface area contributed by atoms with Crippen molar-refractivity contribution in [1.29, 1.82) is 0 Å². The van der Waals surface area contributed by atoms with Crippen molar-refractivity contribution in [2.45, 2.75) is 19.4 Å². The quantitative estimate of drug-likeness (QED) is 0.822. The van der Waals surface area contributed by atoms with Gasteiger partial charge >= 0.3 is 0 Å². The second kappa shape index (κ2) is 5.12. The van der Waals surface area contributed by atoms with Gasteiger partial charge in [0.05, 0.1) is 10.5 Å². The topological polar surface area (TPSA) is 17.0 Å². The van der Waals surface area contributed by atoms with Crippen LogP contribution in [0.2, 0.25) is 10.0 Å². The minimum Gasteiger partial charge on any atom is -0.346 e. The number of rotatable bonds is 5. The third-order valence-corrected chi connectivity index (χ3v) is 3.99. The summed E-state index contributed by atoms with van der Waals surface area (Å²) in [6.07, 6.45) is 4.86. The molecule has 0 aliphatic heterocycles. The summed E-state index contributed by atoms with van der Waals surface area (Å²) in [5.41, 5.74) is 1.11. The van der Waals surface area contributed by atoms with Crippen LogP contribution in [0.3, 0.4) is 0 Å². The Kier molecular flexibility index (Phi) is 3.51. The average molecular weight is 283 g/mol. The molecule has 0 amide bonds. The van der Waals surface area contributed by atoms with Gasteiger partial charge in [-0.25, -0.2) is 0 Å². The van der Waals surface area contributed by atoms with Gasteiger partial charge in [0.1, 0.15) is 0 Å². The van der Waals surface area contributed by atoms with E-state index in [0.717, 1.165) is 41.5 Å². The van der Waals surface area contributed by atoms with Crippen molar-refractivity contribution in [2.75, 3.05) is 13.1 Å². The molecule has 2 aromatic rings. The molecule has 4 heteroatoms. The minimum atomic E-state index is 0.693. The van der Waals surface area contributed by atoms with Gasteiger partial charge in [-0.15, -0.1) is 0 Å². The van der Waals surface area contributed by atoms with Crippen molar-refractivity contribution in [3.05, 3.63) is 34.4 Å². The van der Waals surface area contributed by atoms with Gasteiger partial charge < -0.3 is 9.88 Å².